The fourth-order valence-corrected chi connectivity index (χ4v) is 3.88. The Morgan fingerprint density at radius 3 is 2.74 bits per heavy atom. The molecule has 1 aromatic carbocycles. The van der Waals surface area contributed by atoms with E-state index in [-0.39, 0.29) is 17.7 Å². The lowest BCUT2D eigenvalue weighted by Crippen LogP contribution is -2.25. The van der Waals surface area contributed by atoms with Gasteiger partial charge >= 0.3 is 0 Å². The zero-order valence-corrected chi connectivity index (χ0v) is 15.3. The molecule has 1 N–H and O–H groups in total. The maximum Gasteiger partial charge on any atom is 0.228 e. The van der Waals surface area contributed by atoms with Crippen LogP contribution in [0.15, 0.2) is 39.5 Å². The summed E-state index contributed by atoms with van der Waals surface area (Å²) in [6.07, 6.45) is 0.875. The first kappa shape index (κ1) is 16.2. The smallest absolute Gasteiger partial charge is 0.228 e. The number of benzene rings is 1. The van der Waals surface area contributed by atoms with Crippen LogP contribution in [-0.4, -0.2) is 18.9 Å². The Morgan fingerprint density at radius 1 is 1.35 bits per heavy atom. The fourth-order valence-electron chi connectivity index (χ4n) is 2.64. The summed E-state index contributed by atoms with van der Waals surface area (Å²) in [5.74, 6) is 0.253. The van der Waals surface area contributed by atoms with Crippen LogP contribution in [0.25, 0.3) is 0 Å². The van der Waals surface area contributed by atoms with Gasteiger partial charge in [-0.05, 0) is 57.4 Å². The van der Waals surface area contributed by atoms with Crippen molar-refractivity contribution in [3.63, 3.8) is 0 Å². The van der Waals surface area contributed by atoms with Crippen molar-refractivity contribution in [2.45, 2.75) is 19.3 Å². The van der Waals surface area contributed by atoms with Crippen LogP contribution in [0.1, 0.15) is 24.8 Å². The summed E-state index contributed by atoms with van der Waals surface area (Å²) in [5, 5.41) is 5.07. The van der Waals surface area contributed by atoms with Crippen LogP contribution in [0.5, 0.6) is 0 Å². The van der Waals surface area contributed by atoms with E-state index in [2.05, 4.69) is 32.7 Å². The van der Waals surface area contributed by atoms with E-state index in [9.17, 15) is 9.59 Å². The lowest BCUT2D eigenvalue weighted by molar-refractivity contribution is -0.118. The van der Waals surface area contributed by atoms with E-state index >= 15 is 0 Å². The van der Waals surface area contributed by atoms with Gasteiger partial charge in [0.25, 0.3) is 0 Å². The van der Waals surface area contributed by atoms with Gasteiger partial charge in [-0.25, -0.2) is 0 Å². The van der Waals surface area contributed by atoms with Crippen molar-refractivity contribution in [1.82, 2.24) is 0 Å². The third-order valence-electron chi connectivity index (χ3n) is 4.14. The van der Waals surface area contributed by atoms with Gasteiger partial charge in [-0.1, -0.05) is 12.1 Å². The second-order valence-corrected chi connectivity index (χ2v) is 8.01. The van der Waals surface area contributed by atoms with Gasteiger partial charge in [0.2, 0.25) is 11.8 Å². The van der Waals surface area contributed by atoms with Crippen molar-refractivity contribution in [1.29, 1.82) is 0 Å². The number of amides is 2. The number of para-hydroxylation sites is 2. The summed E-state index contributed by atoms with van der Waals surface area (Å²) in [4.78, 5) is 25.6. The quantitative estimate of drug-likeness (QED) is 0.845. The van der Waals surface area contributed by atoms with Crippen LogP contribution >= 0.6 is 27.3 Å². The van der Waals surface area contributed by atoms with Crippen molar-refractivity contribution < 1.29 is 9.59 Å². The van der Waals surface area contributed by atoms with Crippen LogP contribution in [0, 0.1) is 5.92 Å². The van der Waals surface area contributed by atoms with Crippen LogP contribution in [-0.2, 0) is 9.59 Å². The number of carbonyl (C=O) groups excluding carboxylic acids is 2. The Hall–Kier alpha value is -1.66. The molecule has 1 aromatic heterocycles. The molecule has 6 heteroatoms. The van der Waals surface area contributed by atoms with E-state index in [0.29, 0.717) is 17.3 Å². The van der Waals surface area contributed by atoms with Gasteiger partial charge in [-0.3, -0.25) is 9.59 Å². The van der Waals surface area contributed by atoms with E-state index in [1.54, 1.807) is 18.4 Å². The fraction of sp³-hybridized carbons (Fsp3) is 0.294. The predicted octanol–water partition coefficient (Wildman–Crippen LogP) is 4.24. The van der Waals surface area contributed by atoms with Gasteiger partial charge in [-0.15, -0.1) is 11.3 Å². The summed E-state index contributed by atoms with van der Waals surface area (Å²) in [5.41, 5.74) is 2.60. The van der Waals surface area contributed by atoms with Crippen molar-refractivity contribution in [3.8, 4) is 0 Å². The average molecular weight is 393 g/mol. The summed E-state index contributed by atoms with van der Waals surface area (Å²) < 4.78 is 1.09. The molecule has 1 heterocycles. The summed E-state index contributed by atoms with van der Waals surface area (Å²) >= 11 is 5.10. The van der Waals surface area contributed by atoms with Gasteiger partial charge < -0.3 is 10.2 Å². The summed E-state index contributed by atoms with van der Waals surface area (Å²) in [6, 6.07) is 9.45. The molecule has 120 valence electrons. The first-order valence-electron chi connectivity index (χ1n) is 7.35. The highest BCUT2D eigenvalue weighted by Crippen LogP contribution is 2.49. The summed E-state index contributed by atoms with van der Waals surface area (Å²) in [6.45, 7) is 1.50. The molecule has 2 atom stereocenters. The molecule has 0 saturated heterocycles. The van der Waals surface area contributed by atoms with Crippen molar-refractivity contribution in [3.05, 3.63) is 45.1 Å². The molecule has 1 fully saturated rings. The molecule has 3 rings (SSSR count). The van der Waals surface area contributed by atoms with Gasteiger partial charge in [0.1, 0.15) is 0 Å². The first-order valence-corrected chi connectivity index (χ1v) is 9.02. The number of nitrogens with zero attached hydrogens (tertiary/aromatic N) is 1. The molecule has 1 aliphatic carbocycles. The second kappa shape index (κ2) is 6.45. The lowest BCUT2D eigenvalue weighted by Gasteiger charge is -2.19. The van der Waals surface area contributed by atoms with E-state index in [1.165, 1.54) is 17.4 Å². The van der Waals surface area contributed by atoms with Crippen LogP contribution in [0.4, 0.5) is 11.4 Å². The van der Waals surface area contributed by atoms with Crippen LogP contribution < -0.4 is 10.2 Å². The number of hydrogen-bond acceptors (Lipinski definition) is 3. The zero-order chi connectivity index (χ0) is 16.6. The predicted molar refractivity (Wildman–Crippen MR) is 97.0 cm³/mol. The largest absolute Gasteiger partial charge is 0.324 e. The van der Waals surface area contributed by atoms with Gasteiger partial charge in [0.15, 0.2) is 0 Å². The molecule has 0 unspecified atom stereocenters. The standard InChI is InChI=1S/C17H17BrN2O2S/c1-10(21)20(2)15-6-4-3-5-14(15)19-17(22)13-8-12(13)11-7-16(18)23-9-11/h3-7,9,12-13H,8H2,1-2H3,(H,19,22)/t12-,13+/m0/s1. The molecule has 0 radical (unpaired) electrons. The van der Waals surface area contributed by atoms with Gasteiger partial charge in [-0.2, -0.15) is 0 Å². The molecular weight excluding hydrogens is 376 g/mol. The lowest BCUT2D eigenvalue weighted by atomic mass is 10.2. The molecule has 0 spiro atoms. The highest BCUT2D eigenvalue weighted by molar-refractivity contribution is 9.11. The van der Waals surface area contributed by atoms with Crippen molar-refractivity contribution >= 4 is 50.5 Å². The number of carbonyl (C=O) groups is 2. The third kappa shape index (κ3) is 3.48. The number of anilines is 2. The molecule has 0 bridgehead atoms. The topological polar surface area (TPSA) is 49.4 Å². The Bertz CT molecular complexity index is 759. The van der Waals surface area contributed by atoms with Gasteiger partial charge in [0.05, 0.1) is 15.2 Å². The Balaban J connectivity index is 1.71. The van der Waals surface area contributed by atoms with Gasteiger partial charge in [0, 0.05) is 19.9 Å². The van der Waals surface area contributed by atoms with E-state index in [0.717, 1.165) is 10.2 Å². The monoisotopic (exact) mass is 392 g/mol. The molecule has 2 aromatic rings. The Labute approximate surface area is 147 Å². The summed E-state index contributed by atoms with van der Waals surface area (Å²) in [7, 11) is 1.70. The van der Waals surface area contributed by atoms with E-state index in [4.69, 9.17) is 0 Å². The molecule has 0 aliphatic heterocycles. The number of rotatable bonds is 4. The molecule has 2 amide bonds. The maximum atomic E-state index is 12.5. The normalized spacial score (nSPS) is 19.3. The maximum absolute atomic E-state index is 12.5. The number of halogens is 1. The highest BCUT2D eigenvalue weighted by atomic mass is 79.9. The number of thiophene rings is 1. The highest BCUT2D eigenvalue weighted by Gasteiger charge is 2.44. The molecule has 1 aliphatic rings. The zero-order valence-electron chi connectivity index (χ0n) is 12.9. The van der Waals surface area contributed by atoms with Crippen LogP contribution in [0.2, 0.25) is 0 Å². The number of hydrogen-bond donors (Lipinski definition) is 1. The third-order valence-corrected chi connectivity index (χ3v) is 5.66. The average Bonchev–Trinajstić information content (AvgIpc) is 3.22. The Kier molecular flexibility index (Phi) is 4.55. The molecular formula is C17H17BrN2O2S. The number of nitrogens with one attached hydrogen (secondary N) is 1. The minimum Gasteiger partial charge on any atom is -0.324 e. The van der Waals surface area contributed by atoms with Crippen molar-refractivity contribution in [2.24, 2.45) is 5.92 Å². The molecule has 1 saturated carbocycles. The molecule has 23 heavy (non-hydrogen) atoms. The second-order valence-electron chi connectivity index (χ2n) is 5.72. The minimum absolute atomic E-state index is 0.00666. The molecule has 4 nitrogen and oxygen atoms in total. The Morgan fingerprint density at radius 2 is 2.09 bits per heavy atom. The first-order chi connectivity index (χ1) is 11.0. The van der Waals surface area contributed by atoms with Crippen molar-refractivity contribution in [2.75, 3.05) is 17.3 Å². The van der Waals surface area contributed by atoms with Crippen LogP contribution in [0.3, 0.4) is 0 Å². The van der Waals surface area contributed by atoms with E-state index in [1.807, 2.05) is 24.3 Å². The minimum atomic E-state index is -0.0703. The van der Waals surface area contributed by atoms with E-state index < -0.39 is 0 Å². The SMILES string of the molecule is CC(=O)N(C)c1ccccc1NC(=O)[C@@H]1C[C@H]1c1csc(Br)c1.